The molecule has 1 aromatic heterocycles. The number of rotatable bonds is 7. The molecule has 0 aliphatic carbocycles. The van der Waals surface area contributed by atoms with Gasteiger partial charge in [-0.25, -0.2) is 0 Å². The number of aromatic nitrogens is 4. The van der Waals surface area contributed by atoms with Crippen LogP contribution >= 0.6 is 0 Å². The normalized spacial score (nSPS) is 17.9. The third kappa shape index (κ3) is 5.13. The van der Waals surface area contributed by atoms with Crippen LogP contribution in [0.5, 0.6) is 0 Å². The van der Waals surface area contributed by atoms with Gasteiger partial charge >= 0.3 is 0 Å². The zero-order chi connectivity index (χ0) is 18.2. The first-order chi connectivity index (χ1) is 12.8. The Kier molecular flexibility index (Phi) is 6.75. The van der Waals surface area contributed by atoms with Crippen molar-refractivity contribution in [3.63, 3.8) is 0 Å². The summed E-state index contributed by atoms with van der Waals surface area (Å²) >= 11 is 0. The largest absolute Gasteiger partial charge is 0.343 e. The Morgan fingerprint density at radius 3 is 2.85 bits per heavy atom. The summed E-state index contributed by atoms with van der Waals surface area (Å²) in [7, 11) is 0. The van der Waals surface area contributed by atoms with E-state index in [0.29, 0.717) is 18.8 Å². The monoisotopic (exact) mass is 355 g/mol. The Morgan fingerprint density at radius 1 is 1.19 bits per heavy atom. The molecule has 0 saturated carbocycles. The van der Waals surface area contributed by atoms with Crippen molar-refractivity contribution >= 4 is 5.91 Å². The average molecular weight is 355 g/mol. The van der Waals surface area contributed by atoms with Gasteiger partial charge in [-0.1, -0.05) is 50.1 Å². The number of nitrogens with zero attached hydrogens (tertiary/aromatic N) is 5. The van der Waals surface area contributed by atoms with Crippen molar-refractivity contribution in [2.75, 3.05) is 13.1 Å². The molecule has 0 N–H and O–H groups in total. The molecule has 1 saturated heterocycles. The van der Waals surface area contributed by atoms with Crippen LogP contribution in [0.25, 0.3) is 11.4 Å². The van der Waals surface area contributed by atoms with Crippen LogP contribution in [-0.4, -0.2) is 44.1 Å². The van der Waals surface area contributed by atoms with E-state index in [9.17, 15) is 4.79 Å². The second-order valence-electron chi connectivity index (χ2n) is 7.14. The van der Waals surface area contributed by atoms with E-state index in [1.54, 1.807) is 4.80 Å². The summed E-state index contributed by atoms with van der Waals surface area (Å²) in [5.41, 5.74) is 0.959. The second kappa shape index (κ2) is 9.46. The zero-order valence-corrected chi connectivity index (χ0v) is 15.7. The summed E-state index contributed by atoms with van der Waals surface area (Å²) in [6, 6.07) is 9.82. The van der Waals surface area contributed by atoms with Gasteiger partial charge in [-0.15, -0.1) is 10.2 Å². The van der Waals surface area contributed by atoms with Crippen LogP contribution in [-0.2, 0) is 11.3 Å². The summed E-state index contributed by atoms with van der Waals surface area (Å²) in [5, 5.41) is 12.6. The molecule has 1 atom stereocenters. The Hall–Kier alpha value is -2.24. The molecule has 3 rings (SSSR count). The van der Waals surface area contributed by atoms with E-state index in [0.717, 1.165) is 43.8 Å². The third-order valence-corrected chi connectivity index (χ3v) is 5.13. The topological polar surface area (TPSA) is 63.9 Å². The quantitative estimate of drug-likeness (QED) is 0.762. The minimum absolute atomic E-state index is 0.269. The first-order valence-electron chi connectivity index (χ1n) is 9.87. The molecule has 0 radical (unpaired) electrons. The van der Waals surface area contributed by atoms with Gasteiger partial charge in [-0.05, 0) is 36.8 Å². The lowest BCUT2D eigenvalue weighted by molar-refractivity contribution is -0.131. The number of tetrazole rings is 1. The minimum atomic E-state index is 0.269. The Balaban J connectivity index is 1.43. The van der Waals surface area contributed by atoms with Crippen molar-refractivity contribution in [3.05, 3.63) is 30.3 Å². The van der Waals surface area contributed by atoms with Crippen LogP contribution in [0.2, 0.25) is 0 Å². The van der Waals surface area contributed by atoms with Gasteiger partial charge in [0.15, 0.2) is 0 Å². The highest BCUT2D eigenvalue weighted by molar-refractivity contribution is 5.76. The fourth-order valence-electron chi connectivity index (χ4n) is 3.68. The fourth-order valence-corrected chi connectivity index (χ4v) is 3.68. The number of amides is 1. The number of hydrogen-bond acceptors (Lipinski definition) is 4. The fraction of sp³-hybridized carbons (Fsp3) is 0.600. The maximum Gasteiger partial charge on any atom is 0.222 e. The average Bonchev–Trinajstić information content (AvgIpc) is 3.01. The predicted molar refractivity (Wildman–Crippen MR) is 101 cm³/mol. The summed E-state index contributed by atoms with van der Waals surface area (Å²) < 4.78 is 0. The van der Waals surface area contributed by atoms with Crippen LogP contribution in [0.15, 0.2) is 30.3 Å². The molecule has 0 spiro atoms. The number of hydrogen-bond donors (Lipinski definition) is 0. The Bertz CT molecular complexity index is 685. The van der Waals surface area contributed by atoms with Crippen molar-refractivity contribution in [3.8, 4) is 11.4 Å². The summed E-state index contributed by atoms with van der Waals surface area (Å²) in [5.74, 6) is 1.70. The smallest absolute Gasteiger partial charge is 0.222 e. The molecule has 6 nitrogen and oxygen atoms in total. The molecule has 6 heteroatoms. The van der Waals surface area contributed by atoms with E-state index >= 15 is 0 Å². The molecular formula is C20H29N5O. The van der Waals surface area contributed by atoms with Gasteiger partial charge in [0.2, 0.25) is 11.7 Å². The Labute approximate surface area is 155 Å². The van der Waals surface area contributed by atoms with E-state index in [-0.39, 0.29) is 5.91 Å². The molecule has 1 aromatic carbocycles. The maximum atomic E-state index is 12.5. The third-order valence-electron chi connectivity index (χ3n) is 5.13. The highest BCUT2D eigenvalue weighted by atomic mass is 16.2. The summed E-state index contributed by atoms with van der Waals surface area (Å²) in [6.45, 7) is 4.70. The molecule has 2 heterocycles. The molecule has 1 aliphatic rings. The van der Waals surface area contributed by atoms with Crippen LogP contribution in [0, 0.1) is 5.92 Å². The minimum Gasteiger partial charge on any atom is -0.343 e. The standard InChI is InChI=1S/C20H29N5O/c1-2-8-17-9-6-14-24(16-13-17)19(26)12-7-15-25-22-20(21-23-25)18-10-4-3-5-11-18/h3-5,10-11,17H,2,6-9,12-16H2,1H3. The molecule has 1 aliphatic heterocycles. The molecule has 1 unspecified atom stereocenters. The van der Waals surface area contributed by atoms with Gasteiger partial charge in [0.25, 0.3) is 0 Å². The number of carbonyl (C=O) groups excluding carboxylic acids is 1. The van der Waals surface area contributed by atoms with Crippen molar-refractivity contribution in [2.45, 2.75) is 58.4 Å². The highest BCUT2D eigenvalue weighted by Crippen LogP contribution is 2.22. The first-order valence-corrected chi connectivity index (χ1v) is 9.87. The van der Waals surface area contributed by atoms with E-state index in [2.05, 4.69) is 27.2 Å². The van der Waals surface area contributed by atoms with Crippen LogP contribution in [0.4, 0.5) is 0 Å². The molecule has 2 aromatic rings. The lowest BCUT2D eigenvalue weighted by Crippen LogP contribution is -2.32. The van der Waals surface area contributed by atoms with E-state index in [4.69, 9.17) is 0 Å². The lowest BCUT2D eigenvalue weighted by Gasteiger charge is -2.20. The van der Waals surface area contributed by atoms with E-state index in [1.165, 1.54) is 19.3 Å². The second-order valence-corrected chi connectivity index (χ2v) is 7.14. The van der Waals surface area contributed by atoms with E-state index < -0.39 is 0 Å². The molecule has 0 bridgehead atoms. The number of carbonyl (C=O) groups is 1. The van der Waals surface area contributed by atoms with Gasteiger partial charge < -0.3 is 4.90 Å². The first kappa shape index (κ1) is 18.5. The highest BCUT2D eigenvalue weighted by Gasteiger charge is 2.19. The Morgan fingerprint density at radius 2 is 2.04 bits per heavy atom. The van der Waals surface area contributed by atoms with Crippen molar-refractivity contribution in [2.24, 2.45) is 5.92 Å². The zero-order valence-electron chi connectivity index (χ0n) is 15.7. The van der Waals surface area contributed by atoms with Crippen LogP contribution < -0.4 is 0 Å². The van der Waals surface area contributed by atoms with Gasteiger partial charge in [-0.2, -0.15) is 4.80 Å². The van der Waals surface area contributed by atoms with Crippen molar-refractivity contribution < 1.29 is 4.79 Å². The molecule has 140 valence electrons. The lowest BCUT2D eigenvalue weighted by atomic mass is 9.96. The number of likely N-dealkylation sites (tertiary alicyclic amines) is 1. The van der Waals surface area contributed by atoms with Crippen LogP contribution in [0.1, 0.15) is 51.9 Å². The van der Waals surface area contributed by atoms with Crippen molar-refractivity contribution in [1.29, 1.82) is 0 Å². The molecule has 26 heavy (non-hydrogen) atoms. The maximum absolute atomic E-state index is 12.5. The van der Waals surface area contributed by atoms with Gasteiger partial charge in [0, 0.05) is 25.1 Å². The SMILES string of the molecule is CCCC1CCCN(C(=O)CCCn2nnc(-c3ccccc3)n2)CC1. The van der Waals surface area contributed by atoms with Crippen LogP contribution in [0.3, 0.4) is 0 Å². The predicted octanol–water partition coefficient (Wildman–Crippen LogP) is 3.55. The van der Waals surface area contributed by atoms with Gasteiger partial charge in [-0.3, -0.25) is 4.79 Å². The number of aryl methyl sites for hydroxylation is 1. The summed E-state index contributed by atoms with van der Waals surface area (Å²) in [4.78, 5) is 16.1. The van der Waals surface area contributed by atoms with E-state index in [1.807, 2.05) is 30.3 Å². The molecule has 1 amide bonds. The van der Waals surface area contributed by atoms with Crippen molar-refractivity contribution in [1.82, 2.24) is 25.1 Å². The van der Waals surface area contributed by atoms with Gasteiger partial charge in [0.1, 0.15) is 0 Å². The summed E-state index contributed by atoms with van der Waals surface area (Å²) in [6.07, 6.45) is 7.41. The number of benzene rings is 1. The molecular weight excluding hydrogens is 326 g/mol. The molecule has 1 fully saturated rings. The van der Waals surface area contributed by atoms with Gasteiger partial charge in [0.05, 0.1) is 6.54 Å².